The summed E-state index contributed by atoms with van der Waals surface area (Å²) in [5.41, 5.74) is 4.90. The fourth-order valence-corrected chi connectivity index (χ4v) is 7.53. The first kappa shape index (κ1) is 25.8. The van der Waals surface area contributed by atoms with Crippen molar-refractivity contribution in [2.24, 2.45) is 5.41 Å². The predicted octanol–water partition coefficient (Wildman–Crippen LogP) is 8.09. The number of anilines is 1. The van der Waals surface area contributed by atoms with Gasteiger partial charge in [0.05, 0.1) is 10.7 Å². The van der Waals surface area contributed by atoms with Gasteiger partial charge in [0.25, 0.3) is 5.01 Å². The predicted molar refractivity (Wildman–Crippen MR) is 156 cm³/mol. The summed E-state index contributed by atoms with van der Waals surface area (Å²) in [6.07, 6.45) is 12.9. The fourth-order valence-electron chi connectivity index (χ4n) is 5.10. The van der Waals surface area contributed by atoms with Gasteiger partial charge in [0.2, 0.25) is 5.52 Å². The van der Waals surface area contributed by atoms with E-state index in [1.165, 1.54) is 26.4 Å². The Morgan fingerprint density at radius 2 is 2.03 bits per heavy atom. The summed E-state index contributed by atoms with van der Waals surface area (Å²) in [7, 11) is 0. The van der Waals surface area contributed by atoms with Gasteiger partial charge >= 0.3 is 5.97 Å². The zero-order chi connectivity index (χ0) is 26.2. The van der Waals surface area contributed by atoms with Crippen molar-refractivity contribution in [1.82, 2.24) is 0 Å². The van der Waals surface area contributed by atoms with Crippen molar-refractivity contribution in [1.29, 1.82) is 0 Å². The zero-order valence-corrected chi connectivity index (χ0v) is 23.6. The molecule has 1 aliphatic carbocycles. The SMILES string of the molecule is CC[n+]1c(C=C2C=C(C=CC=C3Sc4ccc(Cl)cc4N3CC(=O)O)CC(C)(C)C2)sc2ccccc21. The molecule has 0 radical (unpaired) electrons. The summed E-state index contributed by atoms with van der Waals surface area (Å²) < 4.78 is 3.70. The molecule has 0 atom stereocenters. The number of benzene rings is 2. The maximum atomic E-state index is 11.5. The molecule has 2 heterocycles. The van der Waals surface area contributed by atoms with E-state index in [-0.39, 0.29) is 12.0 Å². The van der Waals surface area contributed by atoms with E-state index >= 15 is 0 Å². The van der Waals surface area contributed by atoms with Crippen molar-refractivity contribution in [3.63, 3.8) is 0 Å². The van der Waals surface area contributed by atoms with E-state index in [4.69, 9.17) is 11.6 Å². The van der Waals surface area contributed by atoms with Crippen LogP contribution in [0, 0.1) is 5.41 Å². The van der Waals surface area contributed by atoms with Gasteiger partial charge in [-0.1, -0.05) is 78.9 Å². The van der Waals surface area contributed by atoms with Gasteiger partial charge in [-0.3, -0.25) is 4.79 Å². The number of aromatic nitrogens is 1. The minimum atomic E-state index is -0.875. The van der Waals surface area contributed by atoms with Crippen LogP contribution < -0.4 is 9.47 Å². The smallest absolute Gasteiger partial charge is 0.323 e. The number of para-hydroxylation sites is 1. The number of thioether (sulfide) groups is 1. The van der Waals surface area contributed by atoms with Crippen LogP contribution in [0.15, 0.2) is 87.8 Å². The number of carboxylic acids is 1. The van der Waals surface area contributed by atoms with Crippen LogP contribution in [0.2, 0.25) is 5.02 Å². The van der Waals surface area contributed by atoms with E-state index in [0.717, 1.165) is 35.0 Å². The number of rotatable bonds is 6. The van der Waals surface area contributed by atoms with Crippen molar-refractivity contribution in [2.45, 2.75) is 45.1 Å². The molecule has 7 heteroatoms. The lowest BCUT2D eigenvalue weighted by Gasteiger charge is -2.30. The molecule has 0 amide bonds. The summed E-state index contributed by atoms with van der Waals surface area (Å²) in [5, 5.41) is 12.2. The van der Waals surface area contributed by atoms with Crippen molar-refractivity contribution in [2.75, 3.05) is 11.4 Å². The first-order chi connectivity index (χ1) is 17.7. The second kappa shape index (κ2) is 10.5. The number of thiazole rings is 1. The Morgan fingerprint density at radius 3 is 2.81 bits per heavy atom. The lowest BCUT2D eigenvalue weighted by atomic mass is 9.75. The van der Waals surface area contributed by atoms with Crippen LogP contribution in [-0.2, 0) is 11.3 Å². The maximum Gasteiger partial charge on any atom is 0.323 e. The summed E-state index contributed by atoms with van der Waals surface area (Å²) in [6.45, 7) is 7.68. The van der Waals surface area contributed by atoms with Crippen molar-refractivity contribution in [3.05, 3.63) is 93.0 Å². The van der Waals surface area contributed by atoms with E-state index < -0.39 is 5.97 Å². The summed E-state index contributed by atoms with van der Waals surface area (Å²) in [6, 6.07) is 14.2. The van der Waals surface area contributed by atoms with Crippen LogP contribution in [0.1, 0.15) is 38.6 Å². The highest BCUT2D eigenvalue weighted by Crippen LogP contribution is 2.47. The van der Waals surface area contributed by atoms with Gasteiger partial charge in [-0.2, -0.15) is 4.57 Å². The van der Waals surface area contributed by atoms with Gasteiger partial charge in [-0.15, -0.1) is 0 Å². The molecule has 1 aromatic heterocycles. The van der Waals surface area contributed by atoms with Crippen LogP contribution in [0.4, 0.5) is 5.69 Å². The Labute approximate surface area is 231 Å². The molecular weight excluding hydrogens is 520 g/mol. The largest absolute Gasteiger partial charge is 0.480 e. The Kier molecular flexibility index (Phi) is 7.35. The molecule has 0 spiro atoms. The number of hydrogen-bond acceptors (Lipinski definition) is 4. The molecule has 3 aromatic rings. The van der Waals surface area contributed by atoms with Crippen LogP contribution in [0.5, 0.6) is 0 Å². The minimum absolute atomic E-state index is 0.102. The van der Waals surface area contributed by atoms with Gasteiger partial charge in [-0.05, 0) is 66.7 Å². The molecule has 4 nitrogen and oxygen atoms in total. The lowest BCUT2D eigenvalue weighted by Crippen LogP contribution is -2.33. The monoisotopic (exact) mass is 549 g/mol. The number of aryl methyl sites for hydroxylation is 1. The number of aliphatic carboxylic acids is 1. The molecule has 5 rings (SSSR count). The Balaban J connectivity index is 1.44. The zero-order valence-electron chi connectivity index (χ0n) is 21.2. The number of nitrogens with zero attached hydrogens (tertiary/aromatic N) is 2. The maximum absolute atomic E-state index is 11.5. The Bertz CT molecular complexity index is 1500. The van der Waals surface area contributed by atoms with E-state index in [0.29, 0.717) is 5.02 Å². The molecular formula is C30H30ClN2O2S2+. The number of halogens is 1. The Morgan fingerprint density at radius 1 is 1.22 bits per heavy atom. The van der Waals surface area contributed by atoms with E-state index in [1.54, 1.807) is 11.8 Å². The summed E-state index contributed by atoms with van der Waals surface area (Å²) >= 11 is 9.60. The van der Waals surface area contributed by atoms with Gasteiger partial charge in [-0.25, -0.2) is 0 Å². The van der Waals surface area contributed by atoms with Crippen molar-refractivity contribution < 1.29 is 14.5 Å². The highest BCUT2D eigenvalue weighted by Gasteiger charge is 2.28. The van der Waals surface area contributed by atoms with Crippen molar-refractivity contribution >= 4 is 62.6 Å². The third-order valence-electron chi connectivity index (χ3n) is 6.53. The van der Waals surface area contributed by atoms with Crippen LogP contribution >= 0.6 is 34.7 Å². The van der Waals surface area contributed by atoms with Crippen LogP contribution in [0.3, 0.4) is 0 Å². The van der Waals surface area contributed by atoms with Crippen LogP contribution in [-0.4, -0.2) is 17.6 Å². The molecule has 37 heavy (non-hydrogen) atoms. The normalized spacial score (nSPS) is 19.2. The van der Waals surface area contributed by atoms with E-state index in [2.05, 4.69) is 67.8 Å². The number of carboxylic acid groups (broad SMARTS) is 1. The third kappa shape index (κ3) is 5.71. The molecule has 190 valence electrons. The van der Waals surface area contributed by atoms with E-state index in [1.807, 2.05) is 46.6 Å². The third-order valence-corrected chi connectivity index (χ3v) is 9.01. The second-order valence-electron chi connectivity index (χ2n) is 10.2. The molecule has 0 saturated heterocycles. The summed E-state index contributed by atoms with van der Waals surface area (Å²) in [4.78, 5) is 14.4. The average Bonchev–Trinajstić information content (AvgIpc) is 3.34. The molecule has 0 saturated carbocycles. The van der Waals surface area contributed by atoms with E-state index in [9.17, 15) is 9.90 Å². The van der Waals surface area contributed by atoms with Gasteiger partial charge < -0.3 is 10.0 Å². The molecule has 2 aliphatic rings. The first-order valence-electron chi connectivity index (χ1n) is 12.4. The lowest BCUT2D eigenvalue weighted by molar-refractivity contribution is -0.665. The highest BCUT2D eigenvalue weighted by atomic mass is 35.5. The minimum Gasteiger partial charge on any atom is -0.480 e. The quantitative estimate of drug-likeness (QED) is 0.316. The second-order valence-corrected chi connectivity index (χ2v) is 12.7. The van der Waals surface area contributed by atoms with Crippen LogP contribution in [0.25, 0.3) is 16.3 Å². The van der Waals surface area contributed by atoms with Gasteiger partial charge in [0, 0.05) is 22.1 Å². The Hall–Kier alpha value is -2.80. The number of fused-ring (bicyclic) bond motifs is 2. The average molecular weight is 550 g/mol. The molecule has 0 fully saturated rings. The summed E-state index contributed by atoms with van der Waals surface area (Å²) in [5.74, 6) is -0.875. The van der Waals surface area contributed by atoms with Gasteiger partial charge in [0.1, 0.15) is 17.8 Å². The van der Waals surface area contributed by atoms with Crippen molar-refractivity contribution in [3.8, 4) is 0 Å². The number of allylic oxidation sites excluding steroid dienone is 6. The fraction of sp³-hybridized carbons (Fsp3) is 0.267. The molecule has 1 aliphatic heterocycles. The van der Waals surface area contributed by atoms with Gasteiger partial charge in [0.15, 0.2) is 0 Å². The molecule has 0 unspecified atom stereocenters. The molecule has 1 N–H and O–H groups in total. The number of hydrogen-bond donors (Lipinski definition) is 1. The first-order valence-corrected chi connectivity index (χ1v) is 14.4. The highest BCUT2D eigenvalue weighted by molar-refractivity contribution is 8.03. The number of carbonyl (C=O) groups is 1. The standard InChI is InChI=1S/C30H29ClN2O2S2/c1-4-32-23-9-5-6-10-25(23)37-28(32)15-21-14-20(17-30(2,3)18-21)8-7-11-27-33(19-29(34)35)24-16-22(31)12-13-26(24)36-27/h5-16H,4,17-19H2,1-3H3/p+1. The molecule has 0 bridgehead atoms. The topological polar surface area (TPSA) is 44.4 Å². The molecule has 2 aromatic carbocycles.